The Labute approximate surface area is 167 Å². The van der Waals surface area contributed by atoms with E-state index in [9.17, 15) is 14.7 Å². The van der Waals surface area contributed by atoms with E-state index < -0.39 is 11.6 Å². The highest BCUT2D eigenvalue weighted by molar-refractivity contribution is 5.82. The number of benzene rings is 1. The van der Waals surface area contributed by atoms with Crippen molar-refractivity contribution in [2.45, 2.75) is 76.0 Å². The highest BCUT2D eigenvalue weighted by Gasteiger charge is 2.49. The number of hydrogen-bond donors (Lipinski definition) is 2. The van der Waals surface area contributed by atoms with Crippen LogP contribution in [0.25, 0.3) is 0 Å². The summed E-state index contributed by atoms with van der Waals surface area (Å²) >= 11 is 0. The largest absolute Gasteiger partial charge is 0.388 e. The van der Waals surface area contributed by atoms with Gasteiger partial charge in [-0.2, -0.15) is 0 Å². The van der Waals surface area contributed by atoms with Gasteiger partial charge < -0.3 is 15.3 Å². The van der Waals surface area contributed by atoms with Gasteiger partial charge in [0.25, 0.3) is 0 Å². The average Bonchev–Trinajstić information content (AvgIpc) is 3.55. The first kappa shape index (κ1) is 19.4. The van der Waals surface area contributed by atoms with Gasteiger partial charge in [-0.1, -0.05) is 49.6 Å². The van der Waals surface area contributed by atoms with E-state index in [1.807, 2.05) is 35.2 Å². The van der Waals surface area contributed by atoms with E-state index in [2.05, 4.69) is 5.32 Å². The minimum atomic E-state index is -1.05. The number of likely N-dealkylation sites (tertiary alicyclic amines) is 1. The number of hydrogen-bond acceptors (Lipinski definition) is 3. The minimum Gasteiger partial charge on any atom is -0.388 e. The van der Waals surface area contributed by atoms with Crippen molar-refractivity contribution in [2.75, 3.05) is 6.54 Å². The standard InChI is InChI=1S/C23H32N2O3/c1-23(28)14-15-25(22(27)18-10-6-3-7-11-18)19(16-8-4-2-5-9-16)20(23)24-21(26)17-12-13-17/h2,4-5,8-9,17-20,28H,3,6-7,10-15H2,1H3,(H,24,26)/t19-,20-,23+/m0/s1. The Kier molecular flexibility index (Phi) is 5.46. The molecule has 0 unspecified atom stereocenters. The predicted molar refractivity (Wildman–Crippen MR) is 107 cm³/mol. The van der Waals surface area contributed by atoms with E-state index in [-0.39, 0.29) is 29.7 Å². The van der Waals surface area contributed by atoms with Crippen molar-refractivity contribution in [2.24, 2.45) is 11.8 Å². The van der Waals surface area contributed by atoms with Crippen LogP contribution in [0, 0.1) is 11.8 Å². The summed E-state index contributed by atoms with van der Waals surface area (Å²) in [5.74, 6) is 0.340. The van der Waals surface area contributed by atoms with Crippen LogP contribution in [0.15, 0.2) is 30.3 Å². The van der Waals surface area contributed by atoms with E-state index in [1.165, 1.54) is 6.42 Å². The Balaban J connectivity index is 1.66. The highest BCUT2D eigenvalue weighted by Crippen LogP contribution is 2.40. The third kappa shape index (κ3) is 3.95. The van der Waals surface area contributed by atoms with E-state index in [1.54, 1.807) is 6.92 Å². The van der Waals surface area contributed by atoms with Crippen molar-refractivity contribution in [1.82, 2.24) is 10.2 Å². The summed E-state index contributed by atoms with van der Waals surface area (Å²) in [5, 5.41) is 14.3. The molecule has 3 fully saturated rings. The maximum Gasteiger partial charge on any atom is 0.226 e. The molecule has 3 aliphatic rings. The Morgan fingerprint density at radius 1 is 1.04 bits per heavy atom. The highest BCUT2D eigenvalue weighted by atomic mass is 16.3. The van der Waals surface area contributed by atoms with Crippen molar-refractivity contribution in [3.8, 4) is 0 Å². The van der Waals surface area contributed by atoms with Crippen molar-refractivity contribution in [1.29, 1.82) is 0 Å². The van der Waals surface area contributed by atoms with Crippen molar-refractivity contribution >= 4 is 11.8 Å². The van der Waals surface area contributed by atoms with Gasteiger partial charge in [-0.15, -0.1) is 0 Å². The smallest absolute Gasteiger partial charge is 0.226 e. The molecule has 2 saturated carbocycles. The lowest BCUT2D eigenvalue weighted by atomic mass is 9.78. The van der Waals surface area contributed by atoms with Crippen LogP contribution in [0.5, 0.6) is 0 Å². The fourth-order valence-electron chi connectivity index (χ4n) is 4.87. The van der Waals surface area contributed by atoms with Gasteiger partial charge in [0.2, 0.25) is 11.8 Å². The molecular formula is C23H32N2O3. The van der Waals surface area contributed by atoms with Crippen LogP contribution < -0.4 is 5.32 Å². The molecule has 152 valence electrons. The van der Waals surface area contributed by atoms with E-state index >= 15 is 0 Å². The van der Waals surface area contributed by atoms with Crippen LogP contribution in [-0.4, -0.2) is 40.0 Å². The summed E-state index contributed by atoms with van der Waals surface area (Å²) in [4.78, 5) is 28.0. The van der Waals surface area contributed by atoms with Gasteiger partial charge in [-0.05, 0) is 44.6 Å². The van der Waals surface area contributed by atoms with Crippen molar-refractivity contribution < 1.29 is 14.7 Å². The van der Waals surface area contributed by atoms with Gasteiger partial charge in [-0.25, -0.2) is 0 Å². The zero-order chi connectivity index (χ0) is 19.7. The molecule has 4 rings (SSSR count). The van der Waals surface area contributed by atoms with Crippen LogP contribution in [-0.2, 0) is 9.59 Å². The number of nitrogens with one attached hydrogen (secondary N) is 1. The van der Waals surface area contributed by atoms with Gasteiger partial charge >= 0.3 is 0 Å². The molecule has 1 aromatic carbocycles. The summed E-state index contributed by atoms with van der Waals surface area (Å²) in [7, 11) is 0. The molecule has 28 heavy (non-hydrogen) atoms. The number of carbonyl (C=O) groups is 2. The first-order chi connectivity index (χ1) is 13.5. The van der Waals surface area contributed by atoms with E-state index in [4.69, 9.17) is 0 Å². The topological polar surface area (TPSA) is 69.6 Å². The summed E-state index contributed by atoms with van der Waals surface area (Å²) < 4.78 is 0. The molecule has 1 aliphatic heterocycles. The van der Waals surface area contributed by atoms with Gasteiger partial charge in [-0.3, -0.25) is 9.59 Å². The Morgan fingerprint density at radius 2 is 1.71 bits per heavy atom. The molecular weight excluding hydrogens is 352 g/mol. The lowest BCUT2D eigenvalue weighted by Crippen LogP contribution is -2.64. The molecule has 2 amide bonds. The molecule has 5 heteroatoms. The number of carbonyl (C=O) groups excluding carboxylic acids is 2. The molecule has 0 bridgehead atoms. The van der Waals surface area contributed by atoms with Crippen LogP contribution in [0.3, 0.4) is 0 Å². The van der Waals surface area contributed by atoms with Gasteiger partial charge in [0.15, 0.2) is 0 Å². The van der Waals surface area contributed by atoms with Crippen molar-refractivity contribution in [3.63, 3.8) is 0 Å². The number of nitrogens with zero attached hydrogens (tertiary/aromatic N) is 1. The Hall–Kier alpha value is -1.88. The van der Waals surface area contributed by atoms with Crippen LogP contribution in [0.2, 0.25) is 0 Å². The molecule has 2 N–H and O–H groups in total. The Morgan fingerprint density at radius 3 is 2.36 bits per heavy atom. The molecule has 1 heterocycles. The first-order valence-corrected chi connectivity index (χ1v) is 10.9. The second kappa shape index (κ2) is 7.86. The van der Waals surface area contributed by atoms with Crippen LogP contribution >= 0.6 is 0 Å². The van der Waals surface area contributed by atoms with Gasteiger partial charge in [0.1, 0.15) is 0 Å². The molecule has 0 spiro atoms. The number of piperidine rings is 1. The maximum atomic E-state index is 13.5. The second-order valence-corrected chi connectivity index (χ2v) is 9.09. The maximum absolute atomic E-state index is 13.5. The molecule has 1 aromatic rings. The number of aliphatic hydroxyl groups is 1. The third-order valence-electron chi connectivity index (χ3n) is 6.80. The molecule has 0 radical (unpaired) electrons. The lowest BCUT2D eigenvalue weighted by molar-refractivity contribution is -0.151. The summed E-state index contributed by atoms with van der Waals surface area (Å²) in [5.41, 5.74) is -0.0678. The quantitative estimate of drug-likeness (QED) is 0.838. The second-order valence-electron chi connectivity index (χ2n) is 9.09. The zero-order valence-electron chi connectivity index (χ0n) is 16.8. The SMILES string of the molecule is C[C@@]1(O)CCN(C(=O)C2CCCCC2)[C@@H](c2ccccc2)[C@@H]1NC(=O)C1CC1. The molecule has 1 saturated heterocycles. The van der Waals surface area contributed by atoms with Crippen LogP contribution in [0.4, 0.5) is 0 Å². The van der Waals surface area contributed by atoms with Crippen LogP contribution in [0.1, 0.15) is 69.9 Å². The third-order valence-corrected chi connectivity index (χ3v) is 6.80. The lowest BCUT2D eigenvalue weighted by Gasteiger charge is -2.50. The fraction of sp³-hybridized carbons (Fsp3) is 0.652. The van der Waals surface area contributed by atoms with E-state index in [0.717, 1.165) is 44.1 Å². The Bertz CT molecular complexity index is 708. The van der Waals surface area contributed by atoms with E-state index in [0.29, 0.717) is 13.0 Å². The molecule has 0 aromatic heterocycles. The monoisotopic (exact) mass is 384 g/mol. The number of rotatable bonds is 4. The molecule has 2 aliphatic carbocycles. The average molecular weight is 385 g/mol. The zero-order valence-corrected chi connectivity index (χ0v) is 16.8. The molecule has 3 atom stereocenters. The summed E-state index contributed by atoms with van der Waals surface area (Å²) in [6.07, 6.45) is 7.65. The fourth-order valence-corrected chi connectivity index (χ4v) is 4.87. The molecule has 5 nitrogen and oxygen atoms in total. The predicted octanol–water partition coefficient (Wildman–Crippen LogP) is 3.19. The minimum absolute atomic E-state index is 0.0122. The summed E-state index contributed by atoms with van der Waals surface area (Å²) in [6, 6.07) is 9.05. The summed E-state index contributed by atoms with van der Waals surface area (Å²) in [6.45, 7) is 2.32. The van der Waals surface area contributed by atoms with Crippen molar-refractivity contribution in [3.05, 3.63) is 35.9 Å². The van der Waals surface area contributed by atoms with Gasteiger partial charge in [0, 0.05) is 18.4 Å². The van der Waals surface area contributed by atoms with Gasteiger partial charge in [0.05, 0.1) is 17.7 Å². The normalized spacial score (nSPS) is 31.4. The first-order valence-electron chi connectivity index (χ1n) is 10.9. The number of amides is 2.